The summed E-state index contributed by atoms with van der Waals surface area (Å²) < 4.78 is 7.21. The summed E-state index contributed by atoms with van der Waals surface area (Å²) in [6, 6.07) is 14.5. The fraction of sp³-hybridized carbons (Fsp3) is 0.444. The Morgan fingerprint density at radius 3 is 2.42 bits per heavy atom. The molecule has 1 amide bonds. The van der Waals surface area contributed by atoms with E-state index in [1.54, 1.807) is 10.6 Å². The van der Waals surface area contributed by atoms with Crippen LogP contribution in [-0.2, 0) is 4.79 Å². The molecule has 6 nitrogen and oxygen atoms in total. The lowest BCUT2D eigenvalue weighted by Crippen LogP contribution is -2.37. The van der Waals surface area contributed by atoms with E-state index in [4.69, 9.17) is 9.72 Å². The van der Waals surface area contributed by atoms with Gasteiger partial charge in [0.05, 0.1) is 29.2 Å². The zero-order valence-electron chi connectivity index (χ0n) is 20.2. The second-order valence-electron chi connectivity index (χ2n) is 8.27. The monoisotopic (exact) mass is 449 g/mol. The van der Waals surface area contributed by atoms with Crippen molar-refractivity contribution in [1.29, 1.82) is 0 Å². The summed E-state index contributed by atoms with van der Waals surface area (Å²) in [4.78, 5) is 33.5. The van der Waals surface area contributed by atoms with Gasteiger partial charge in [0.15, 0.2) is 0 Å². The number of hydrogen-bond acceptors (Lipinski definition) is 4. The third-order valence-electron chi connectivity index (χ3n) is 5.83. The van der Waals surface area contributed by atoms with Crippen LogP contribution in [0.2, 0.25) is 0 Å². The van der Waals surface area contributed by atoms with Crippen molar-refractivity contribution in [2.75, 3.05) is 13.2 Å². The Balaban J connectivity index is 2.12. The molecule has 3 aromatic rings. The highest BCUT2D eigenvalue weighted by Gasteiger charge is 2.26. The number of hydrogen-bond donors (Lipinski definition) is 0. The first-order valence-corrected chi connectivity index (χ1v) is 12.1. The molecule has 0 fully saturated rings. The van der Waals surface area contributed by atoms with Crippen LogP contribution in [0.4, 0.5) is 0 Å². The molecule has 0 radical (unpaired) electrons. The van der Waals surface area contributed by atoms with E-state index >= 15 is 0 Å². The second kappa shape index (κ2) is 11.6. The Hall–Kier alpha value is -3.15. The highest BCUT2D eigenvalue weighted by Crippen LogP contribution is 2.25. The minimum atomic E-state index is -0.344. The van der Waals surface area contributed by atoms with E-state index in [9.17, 15) is 9.59 Å². The molecule has 176 valence electrons. The summed E-state index contributed by atoms with van der Waals surface area (Å²) in [5.41, 5.74) is 1.21. The number of fused-ring (bicyclic) bond motifs is 1. The number of benzene rings is 2. The normalized spacial score (nSPS) is 12.0. The van der Waals surface area contributed by atoms with Gasteiger partial charge in [0, 0.05) is 13.0 Å². The molecule has 0 saturated carbocycles. The van der Waals surface area contributed by atoms with Crippen LogP contribution >= 0.6 is 0 Å². The van der Waals surface area contributed by atoms with Crippen molar-refractivity contribution in [3.63, 3.8) is 0 Å². The smallest absolute Gasteiger partial charge is 0.266 e. The van der Waals surface area contributed by atoms with E-state index in [1.165, 1.54) is 0 Å². The largest absolute Gasteiger partial charge is 0.494 e. The first kappa shape index (κ1) is 24.5. The Bertz CT molecular complexity index is 1120. The number of carbonyl (C=O) groups excluding carboxylic acids is 1. The molecular weight excluding hydrogens is 414 g/mol. The number of aromatic nitrogens is 2. The van der Waals surface area contributed by atoms with Gasteiger partial charge in [-0.05, 0) is 63.1 Å². The minimum Gasteiger partial charge on any atom is -0.494 e. The van der Waals surface area contributed by atoms with Crippen LogP contribution in [0.15, 0.2) is 53.3 Å². The van der Waals surface area contributed by atoms with Gasteiger partial charge in [-0.1, -0.05) is 38.8 Å². The predicted octanol–water partition coefficient (Wildman–Crippen LogP) is 5.66. The van der Waals surface area contributed by atoms with E-state index in [0.717, 1.165) is 31.4 Å². The summed E-state index contributed by atoms with van der Waals surface area (Å²) in [7, 11) is 0. The lowest BCUT2D eigenvalue weighted by Gasteiger charge is -2.30. The van der Waals surface area contributed by atoms with Crippen molar-refractivity contribution in [3.8, 4) is 11.4 Å². The van der Waals surface area contributed by atoms with Gasteiger partial charge in [0.25, 0.3) is 5.56 Å². The van der Waals surface area contributed by atoms with Gasteiger partial charge in [0.1, 0.15) is 11.6 Å². The molecule has 6 heteroatoms. The van der Waals surface area contributed by atoms with Crippen LogP contribution in [-0.4, -0.2) is 33.5 Å². The molecule has 0 aliphatic carbocycles. The molecule has 0 bridgehead atoms. The van der Waals surface area contributed by atoms with Gasteiger partial charge in [0.2, 0.25) is 5.91 Å². The van der Waals surface area contributed by atoms with Crippen molar-refractivity contribution in [2.45, 2.75) is 65.8 Å². The Kier molecular flexibility index (Phi) is 8.64. The molecule has 0 spiro atoms. The van der Waals surface area contributed by atoms with Crippen LogP contribution in [0.5, 0.6) is 5.75 Å². The molecule has 0 aliphatic rings. The molecule has 1 unspecified atom stereocenters. The first-order valence-electron chi connectivity index (χ1n) is 12.1. The van der Waals surface area contributed by atoms with E-state index in [1.807, 2.05) is 61.2 Å². The second-order valence-corrected chi connectivity index (χ2v) is 8.27. The van der Waals surface area contributed by atoms with Crippen molar-refractivity contribution in [1.82, 2.24) is 14.5 Å². The van der Waals surface area contributed by atoms with Crippen molar-refractivity contribution in [2.24, 2.45) is 0 Å². The van der Waals surface area contributed by atoms with Gasteiger partial charge in [-0.2, -0.15) is 0 Å². The third kappa shape index (κ3) is 5.62. The fourth-order valence-corrected chi connectivity index (χ4v) is 4.12. The topological polar surface area (TPSA) is 64.4 Å². The van der Waals surface area contributed by atoms with Crippen molar-refractivity contribution in [3.05, 3.63) is 64.7 Å². The van der Waals surface area contributed by atoms with Gasteiger partial charge >= 0.3 is 0 Å². The molecule has 33 heavy (non-hydrogen) atoms. The Morgan fingerprint density at radius 1 is 1.03 bits per heavy atom. The molecular formula is C27H35N3O3. The predicted molar refractivity (Wildman–Crippen MR) is 133 cm³/mol. The van der Waals surface area contributed by atoms with Gasteiger partial charge < -0.3 is 9.64 Å². The molecule has 3 rings (SSSR count). The van der Waals surface area contributed by atoms with Crippen LogP contribution in [0.1, 0.15) is 71.7 Å². The SMILES string of the molecule is CCCCCC(=O)N(CCC)C(C)c1nc2ccccc2c(=O)n1-c1ccc(OCC)cc1. The maximum atomic E-state index is 13.6. The summed E-state index contributed by atoms with van der Waals surface area (Å²) in [6.07, 6.45) is 4.33. The average Bonchev–Trinajstić information content (AvgIpc) is 2.83. The molecule has 0 N–H and O–H groups in total. The number of carbonyl (C=O) groups is 1. The first-order chi connectivity index (χ1) is 16.0. The number of ether oxygens (including phenoxy) is 1. The van der Waals surface area contributed by atoms with Gasteiger partial charge in [-0.15, -0.1) is 0 Å². The standard InChI is InChI=1S/C27H35N3O3/c1-5-8-9-14-25(31)29(19-6-2)20(4)26-28-24-13-11-10-12-23(24)27(32)30(26)21-15-17-22(18-16-21)33-7-3/h10-13,15-18,20H,5-9,14,19H2,1-4H3. The molecule has 1 heterocycles. The van der Waals surface area contributed by atoms with Crippen molar-refractivity contribution < 1.29 is 9.53 Å². The zero-order valence-corrected chi connectivity index (χ0v) is 20.2. The maximum Gasteiger partial charge on any atom is 0.266 e. The van der Waals surface area contributed by atoms with Crippen LogP contribution < -0.4 is 10.3 Å². The van der Waals surface area contributed by atoms with Crippen LogP contribution in [0, 0.1) is 0 Å². The maximum absolute atomic E-state index is 13.6. The lowest BCUT2D eigenvalue weighted by atomic mass is 10.1. The summed E-state index contributed by atoms with van der Waals surface area (Å²) in [6.45, 7) is 9.29. The summed E-state index contributed by atoms with van der Waals surface area (Å²) >= 11 is 0. The molecule has 1 aromatic heterocycles. The molecule has 0 aliphatic heterocycles. The molecule has 0 saturated heterocycles. The fourth-order valence-electron chi connectivity index (χ4n) is 4.12. The number of amides is 1. The Labute approximate surface area is 196 Å². The van der Waals surface area contributed by atoms with E-state index < -0.39 is 0 Å². The van der Waals surface area contributed by atoms with Crippen LogP contribution in [0.25, 0.3) is 16.6 Å². The number of nitrogens with zero attached hydrogens (tertiary/aromatic N) is 3. The quantitative estimate of drug-likeness (QED) is 0.354. The number of unbranched alkanes of at least 4 members (excludes halogenated alkanes) is 2. The Morgan fingerprint density at radius 2 is 1.76 bits per heavy atom. The molecule has 2 aromatic carbocycles. The summed E-state index contributed by atoms with van der Waals surface area (Å²) in [5.74, 6) is 1.43. The third-order valence-corrected chi connectivity index (χ3v) is 5.83. The van der Waals surface area contributed by atoms with Crippen molar-refractivity contribution >= 4 is 16.8 Å². The number of para-hydroxylation sites is 1. The van der Waals surface area contributed by atoms with E-state index in [2.05, 4.69) is 13.8 Å². The minimum absolute atomic E-state index is 0.110. The van der Waals surface area contributed by atoms with E-state index in [0.29, 0.717) is 42.0 Å². The highest BCUT2D eigenvalue weighted by molar-refractivity contribution is 5.79. The molecule has 1 atom stereocenters. The lowest BCUT2D eigenvalue weighted by molar-refractivity contribution is -0.133. The average molecular weight is 450 g/mol. The van der Waals surface area contributed by atoms with Gasteiger partial charge in [-0.25, -0.2) is 4.98 Å². The summed E-state index contributed by atoms with van der Waals surface area (Å²) in [5, 5.41) is 0.554. The van der Waals surface area contributed by atoms with Gasteiger partial charge in [-0.3, -0.25) is 14.2 Å². The number of rotatable bonds is 11. The zero-order chi connectivity index (χ0) is 23.8. The van der Waals surface area contributed by atoms with E-state index in [-0.39, 0.29) is 17.5 Å². The van der Waals surface area contributed by atoms with Crippen LogP contribution in [0.3, 0.4) is 0 Å². The highest BCUT2D eigenvalue weighted by atomic mass is 16.5.